The van der Waals surface area contributed by atoms with Crippen LogP contribution < -0.4 is 0 Å². The van der Waals surface area contributed by atoms with Gasteiger partial charge < -0.3 is 0 Å². The van der Waals surface area contributed by atoms with Gasteiger partial charge >= 0.3 is 136 Å². The van der Waals surface area contributed by atoms with Crippen LogP contribution in [0.3, 0.4) is 0 Å². The predicted octanol–water partition coefficient (Wildman–Crippen LogP) is 4.39. The molecule has 0 spiro atoms. The summed E-state index contributed by atoms with van der Waals surface area (Å²) in [5, 5.41) is 0. The average molecular weight is 407 g/mol. The van der Waals surface area contributed by atoms with E-state index < -0.39 is 38.2 Å². The second-order valence-electron chi connectivity index (χ2n) is 9.45. The second-order valence-corrected chi connectivity index (χ2v) is 24.7. The zero-order chi connectivity index (χ0) is 15.9. The zero-order valence-electron chi connectivity index (χ0n) is 15.4. The minimum absolute atomic E-state index is 0.319. The Kier molecular flexibility index (Phi) is 6.48. The third-order valence-electron chi connectivity index (χ3n) is 2.88. The molecule has 0 aromatic heterocycles. The Morgan fingerprint density at radius 1 is 0.579 bits per heavy atom. The van der Waals surface area contributed by atoms with E-state index in [1.165, 1.54) is 0 Å². The molecule has 19 heavy (non-hydrogen) atoms. The molecule has 0 saturated heterocycles. The Hall–Kier alpha value is 1.15. The summed E-state index contributed by atoms with van der Waals surface area (Å²) in [5.74, 6) is 0. The Balaban J connectivity index is 5.43. The Morgan fingerprint density at radius 2 is 0.789 bits per heavy atom. The fourth-order valence-corrected chi connectivity index (χ4v) is 16.8. The van der Waals surface area contributed by atoms with Crippen LogP contribution in [0.1, 0.15) is 41.5 Å². The van der Waals surface area contributed by atoms with Crippen LogP contribution in [-0.2, 0) is 0 Å². The van der Waals surface area contributed by atoms with E-state index in [1.807, 2.05) is 0 Å². The second kappa shape index (κ2) is 6.10. The van der Waals surface area contributed by atoms with Crippen molar-refractivity contribution >= 4 is 38.2 Å². The molecule has 0 aromatic carbocycles. The molecular formula is C14H36N2Si2Sn. The minimum atomic E-state index is -1.25. The van der Waals surface area contributed by atoms with Crippen molar-refractivity contribution in [1.82, 2.24) is 5.57 Å². The third-order valence-corrected chi connectivity index (χ3v) is 24.7. The monoisotopic (exact) mass is 408 g/mol. The van der Waals surface area contributed by atoms with Crippen LogP contribution in [0, 0.1) is 0 Å². The van der Waals surface area contributed by atoms with E-state index in [4.69, 9.17) is 0 Å². The van der Waals surface area contributed by atoms with Gasteiger partial charge in [0.1, 0.15) is 0 Å². The Bertz CT molecular complexity index is 235. The molecule has 0 atom stereocenters. The van der Waals surface area contributed by atoms with Crippen LogP contribution in [0.2, 0.25) is 39.3 Å². The fourth-order valence-electron chi connectivity index (χ4n) is 2.71. The van der Waals surface area contributed by atoms with Gasteiger partial charge in [-0.25, -0.2) is 0 Å². The standard InChI is InChI=1S/2C7H18NSi.Sn/c2*1-7(2,3)8-9(4,5)6;/h2*1-6H3;/q2*-1;+2. The SMILES string of the molecule is CC(C)(C)[N]([Sn][N](C(C)(C)C)[Si](C)(C)C)[Si](C)(C)C. The molecule has 2 radical (unpaired) electrons. The van der Waals surface area contributed by atoms with Gasteiger partial charge in [-0.15, -0.1) is 0 Å². The first-order valence-corrected chi connectivity index (χ1v) is 16.8. The van der Waals surface area contributed by atoms with E-state index >= 15 is 0 Å². The predicted molar refractivity (Wildman–Crippen MR) is 95.6 cm³/mol. The summed E-state index contributed by atoms with van der Waals surface area (Å²) in [6.07, 6.45) is 0. The van der Waals surface area contributed by atoms with Crippen LogP contribution >= 0.6 is 0 Å². The van der Waals surface area contributed by atoms with E-state index in [2.05, 4.69) is 86.4 Å². The van der Waals surface area contributed by atoms with Crippen molar-refractivity contribution in [3.8, 4) is 0 Å². The molecule has 0 fully saturated rings. The van der Waals surface area contributed by atoms with Gasteiger partial charge in [-0.3, -0.25) is 0 Å². The van der Waals surface area contributed by atoms with Gasteiger partial charge in [-0.1, -0.05) is 0 Å². The molecule has 0 saturated carbocycles. The van der Waals surface area contributed by atoms with Gasteiger partial charge in [0.15, 0.2) is 0 Å². The molecular weight excluding hydrogens is 371 g/mol. The molecule has 0 rings (SSSR count). The average Bonchev–Trinajstić information content (AvgIpc) is 1.91. The van der Waals surface area contributed by atoms with Crippen LogP contribution in [0.15, 0.2) is 0 Å². The fraction of sp³-hybridized carbons (Fsp3) is 1.00. The summed E-state index contributed by atoms with van der Waals surface area (Å²) < 4.78 is 5.87. The van der Waals surface area contributed by atoms with E-state index in [0.717, 1.165) is 0 Å². The zero-order valence-corrected chi connectivity index (χ0v) is 20.2. The molecule has 114 valence electrons. The summed E-state index contributed by atoms with van der Waals surface area (Å²) in [4.78, 5) is 0. The number of hydrogen-bond donors (Lipinski definition) is 0. The molecule has 0 aliphatic rings. The maximum atomic E-state index is 2.94. The maximum absolute atomic E-state index is 2.94. The number of nitrogens with zero attached hydrogens (tertiary/aromatic N) is 2. The first kappa shape index (κ1) is 20.2. The number of hydrogen-bond acceptors (Lipinski definition) is 2. The van der Waals surface area contributed by atoms with Crippen LogP contribution in [0.4, 0.5) is 0 Å². The molecule has 0 bridgehead atoms. The van der Waals surface area contributed by atoms with Gasteiger partial charge in [-0.2, -0.15) is 0 Å². The molecule has 5 heteroatoms. The van der Waals surface area contributed by atoms with Gasteiger partial charge in [0.05, 0.1) is 0 Å². The van der Waals surface area contributed by atoms with Crippen LogP contribution in [0.25, 0.3) is 0 Å². The van der Waals surface area contributed by atoms with Crippen LogP contribution in [-0.4, -0.2) is 54.8 Å². The van der Waals surface area contributed by atoms with Crippen molar-refractivity contribution in [3.05, 3.63) is 0 Å². The summed E-state index contributed by atoms with van der Waals surface area (Å²) in [6.45, 7) is 29.4. The molecule has 0 aromatic rings. The van der Waals surface area contributed by atoms with Crippen molar-refractivity contribution < 1.29 is 0 Å². The van der Waals surface area contributed by atoms with Crippen molar-refractivity contribution in [2.45, 2.75) is 91.9 Å². The van der Waals surface area contributed by atoms with Crippen molar-refractivity contribution in [2.75, 3.05) is 0 Å². The van der Waals surface area contributed by atoms with E-state index in [0.29, 0.717) is 11.1 Å². The third kappa shape index (κ3) is 6.63. The van der Waals surface area contributed by atoms with Gasteiger partial charge in [0.2, 0.25) is 0 Å². The Morgan fingerprint density at radius 3 is 0.895 bits per heavy atom. The van der Waals surface area contributed by atoms with E-state index in [-0.39, 0.29) is 0 Å². The van der Waals surface area contributed by atoms with Crippen molar-refractivity contribution in [3.63, 3.8) is 0 Å². The van der Waals surface area contributed by atoms with E-state index in [1.54, 1.807) is 0 Å². The molecule has 0 aliphatic heterocycles. The summed E-state index contributed by atoms with van der Waals surface area (Å²) in [5.41, 5.74) is 0.638. The first-order valence-electron chi connectivity index (χ1n) is 7.34. The Labute approximate surface area is 135 Å². The van der Waals surface area contributed by atoms with Gasteiger partial charge in [0, 0.05) is 0 Å². The topological polar surface area (TPSA) is 6.48 Å². The molecule has 2 nitrogen and oxygen atoms in total. The molecule has 0 aliphatic carbocycles. The number of rotatable bonds is 4. The van der Waals surface area contributed by atoms with E-state index in [9.17, 15) is 0 Å². The molecule has 0 heterocycles. The quantitative estimate of drug-likeness (QED) is 0.638. The molecule has 0 unspecified atom stereocenters. The summed E-state index contributed by atoms with van der Waals surface area (Å²) >= 11 is -0.723. The van der Waals surface area contributed by atoms with Crippen molar-refractivity contribution in [1.29, 1.82) is 0 Å². The molecule has 0 N–H and O–H groups in total. The molecule has 0 amide bonds. The first-order chi connectivity index (χ1) is 7.97. The van der Waals surface area contributed by atoms with Crippen molar-refractivity contribution in [2.24, 2.45) is 0 Å². The summed E-state index contributed by atoms with van der Waals surface area (Å²) in [7, 11) is -2.51. The van der Waals surface area contributed by atoms with Crippen LogP contribution in [0.5, 0.6) is 0 Å². The van der Waals surface area contributed by atoms with Gasteiger partial charge in [0.25, 0.3) is 0 Å². The normalized spacial score (nSPS) is 15.5. The summed E-state index contributed by atoms with van der Waals surface area (Å²) in [6, 6.07) is 0. The van der Waals surface area contributed by atoms with Gasteiger partial charge in [-0.05, 0) is 0 Å².